The van der Waals surface area contributed by atoms with Gasteiger partial charge >= 0.3 is 0 Å². The highest BCUT2D eigenvalue weighted by molar-refractivity contribution is 5.36. The molecule has 1 aromatic rings. The first kappa shape index (κ1) is 9.99. The smallest absolute Gasteiger partial charge is 0.165 e. The number of nitrogens with two attached hydrogens (primary N) is 1. The third kappa shape index (κ3) is 1.98. The largest absolute Gasteiger partial charge is 0.505 e. The summed E-state index contributed by atoms with van der Waals surface area (Å²) in [5.74, 6) is -0.773. The Balaban J connectivity index is 3.07. The van der Waals surface area contributed by atoms with Crippen LogP contribution in [-0.4, -0.2) is 5.11 Å². The van der Waals surface area contributed by atoms with E-state index in [1.807, 2.05) is 13.8 Å². The van der Waals surface area contributed by atoms with Gasteiger partial charge in [-0.15, -0.1) is 0 Å². The molecule has 0 bridgehead atoms. The molecule has 0 unspecified atom stereocenters. The van der Waals surface area contributed by atoms with Gasteiger partial charge in [0.25, 0.3) is 0 Å². The van der Waals surface area contributed by atoms with Gasteiger partial charge in [0, 0.05) is 11.6 Å². The molecule has 0 radical (unpaired) electrons. The van der Waals surface area contributed by atoms with Gasteiger partial charge in [-0.2, -0.15) is 0 Å². The van der Waals surface area contributed by atoms with E-state index in [1.54, 1.807) is 12.1 Å². The van der Waals surface area contributed by atoms with Gasteiger partial charge in [0.1, 0.15) is 0 Å². The Morgan fingerprint density at radius 2 is 2.00 bits per heavy atom. The summed E-state index contributed by atoms with van der Waals surface area (Å²) in [6.45, 7) is 3.85. The van der Waals surface area contributed by atoms with Crippen molar-refractivity contribution in [3.63, 3.8) is 0 Å². The normalized spacial score (nSPS) is 13.3. The van der Waals surface area contributed by atoms with Crippen molar-refractivity contribution in [2.45, 2.75) is 19.9 Å². The maximum atomic E-state index is 12.9. The zero-order chi connectivity index (χ0) is 10.0. The number of rotatable bonds is 2. The highest BCUT2D eigenvalue weighted by atomic mass is 19.1. The molecule has 1 aromatic carbocycles. The SMILES string of the molecule is CC(C)[C@@H](N)c1cccc(F)c1O. The van der Waals surface area contributed by atoms with Gasteiger partial charge in [-0.1, -0.05) is 26.0 Å². The third-order valence-electron chi connectivity index (χ3n) is 2.10. The molecule has 3 N–H and O–H groups in total. The second-order valence-corrected chi connectivity index (χ2v) is 3.45. The fourth-order valence-corrected chi connectivity index (χ4v) is 1.16. The fourth-order valence-electron chi connectivity index (χ4n) is 1.16. The molecule has 3 heteroatoms. The summed E-state index contributed by atoms with van der Waals surface area (Å²) in [7, 11) is 0. The highest BCUT2D eigenvalue weighted by Gasteiger charge is 2.16. The summed E-state index contributed by atoms with van der Waals surface area (Å²) < 4.78 is 12.9. The summed E-state index contributed by atoms with van der Waals surface area (Å²) >= 11 is 0. The number of phenolic OH excluding ortho intramolecular Hbond substituents is 1. The molecule has 0 heterocycles. The summed E-state index contributed by atoms with van der Waals surface area (Å²) in [6.07, 6.45) is 0. The van der Waals surface area contributed by atoms with Crippen LogP contribution < -0.4 is 5.73 Å². The van der Waals surface area contributed by atoms with E-state index in [2.05, 4.69) is 0 Å². The van der Waals surface area contributed by atoms with Crippen molar-refractivity contribution in [2.24, 2.45) is 11.7 Å². The first-order chi connectivity index (χ1) is 6.04. The Hall–Kier alpha value is -1.09. The summed E-state index contributed by atoms with van der Waals surface area (Å²) in [4.78, 5) is 0. The molecule has 0 amide bonds. The van der Waals surface area contributed by atoms with E-state index in [9.17, 15) is 9.50 Å². The zero-order valence-electron chi connectivity index (χ0n) is 7.79. The number of hydrogen-bond acceptors (Lipinski definition) is 2. The van der Waals surface area contributed by atoms with E-state index in [0.29, 0.717) is 5.56 Å². The van der Waals surface area contributed by atoms with E-state index < -0.39 is 5.82 Å². The predicted octanol–water partition coefficient (Wildman–Crippen LogP) is 2.19. The van der Waals surface area contributed by atoms with Gasteiger partial charge in [0.15, 0.2) is 11.6 Å². The van der Waals surface area contributed by atoms with Crippen LogP contribution in [0.15, 0.2) is 18.2 Å². The average molecular weight is 183 g/mol. The molecule has 1 rings (SSSR count). The molecule has 0 aliphatic rings. The van der Waals surface area contributed by atoms with Gasteiger partial charge < -0.3 is 10.8 Å². The molecule has 13 heavy (non-hydrogen) atoms. The fraction of sp³-hybridized carbons (Fsp3) is 0.400. The van der Waals surface area contributed by atoms with Crippen molar-refractivity contribution < 1.29 is 9.50 Å². The first-order valence-electron chi connectivity index (χ1n) is 4.27. The van der Waals surface area contributed by atoms with Crippen molar-refractivity contribution in [1.82, 2.24) is 0 Å². The number of hydrogen-bond donors (Lipinski definition) is 2. The Kier molecular flexibility index (Phi) is 2.88. The number of aromatic hydroxyl groups is 1. The van der Waals surface area contributed by atoms with Crippen LogP contribution in [0.3, 0.4) is 0 Å². The first-order valence-corrected chi connectivity index (χ1v) is 4.27. The predicted molar refractivity (Wildman–Crippen MR) is 49.8 cm³/mol. The molecule has 1 atom stereocenters. The standard InChI is InChI=1S/C10H14FNO/c1-6(2)9(12)7-4-3-5-8(11)10(7)13/h3-6,9,13H,12H2,1-2H3/t9-/m1/s1. The van der Waals surface area contributed by atoms with Gasteiger partial charge in [0.2, 0.25) is 0 Å². The monoisotopic (exact) mass is 183 g/mol. The molecular formula is C10H14FNO. The van der Waals surface area contributed by atoms with Crippen LogP contribution >= 0.6 is 0 Å². The minimum atomic E-state index is -0.617. The Labute approximate surface area is 77.2 Å². The van der Waals surface area contributed by atoms with Gasteiger partial charge in [-0.05, 0) is 12.0 Å². The Morgan fingerprint density at radius 3 is 2.54 bits per heavy atom. The minimum Gasteiger partial charge on any atom is -0.505 e. The number of halogens is 1. The molecule has 0 saturated heterocycles. The van der Waals surface area contributed by atoms with Crippen LogP contribution in [0, 0.1) is 11.7 Å². The van der Waals surface area contributed by atoms with Gasteiger partial charge in [-0.3, -0.25) is 0 Å². The number of phenols is 1. The summed E-state index contributed by atoms with van der Waals surface area (Å²) in [6, 6.07) is 4.08. The number of benzene rings is 1. The minimum absolute atomic E-state index is 0.174. The molecule has 0 fully saturated rings. The van der Waals surface area contributed by atoms with Crippen molar-refractivity contribution >= 4 is 0 Å². The molecule has 0 saturated carbocycles. The van der Waals surface area contributed by atoms with Crippen LogP contribution in [-0.2, 0) is 0 Å². The van der Waals surface area contributed by atoms with Gasteiger partial charge in [-0.25, -0.2) is 4.39 Å². The van der Waals surface area contributed by atoms with Crippen molar-refractivity contribution in [3.8, 4) is 5.75 Å². The Bertz CT molecular complexity index is 299. The Morgan fingerprint density at radius 1 is 1.38 bits per heavy atom. The molecule has 72 valence electrons. The second-order valence-electron chi connectivity index (χ2n) is 3.45. The zero-order valence-corrected chi connectivity index (χ0v) is 7.79. The molecular weight excluding hydrogens is 169 g/mol. The lowest BCUT2D eigenvalue weighted by molar-refractivity contribution is 0.407. The molecule has 0 aromatic heterocycles. The second kappa shape index (κ2) is 3.75. The van der Waals surface area contributed by atoms with Gasteiger partial charge in [0.05, 0.1) is 0 Å². The molecule has 0 aliphatic carbocycles. The van der Waals surface area contributed by atoms with Crippen LogP contribution in [0.1, 0.15) is 25.5 Å². The van der Waals surface area contributed by atoms with E-state index in [4.69, 9.17) is 5.73 Å². The lowest BCUT2D eigenvalue weighted by Gasteiger charge is -2.17. The topological polar surface area (TPSA) is 46.2 Å². The maximum Gasteiger partial charge on any atom is 0.165 e. The molecule has 0 spiro atoms. The summed E-state index contributed by atoms with van der Waals surface area (Å²) in [5, 5.41) is 9.36. The average Bonchev–Trinajstić information content (AvgIpc) is 2.08. The maximum absolute atomic E-state index is 12.9. The van der Waals surface area contributed by atoms with Crippen LogP contribution in [0.4, 0.5) is 4.39 Å². The van der Waals surface area contributed by atoms with Crippen LogP contribution in [0.5, 0.6) is 5.75 Å². The number of para-hydroxylation sites is 1. The van der Waals surface area contributed by atoms with Crippen molar-refractivity contribution in [2.75, 3.05) is 0 Å². The highest BCUT2D eigenvalue weighted by Crippen LogP contribution is 2.29. The molecule has 0 aliphatic heterocycles. The molecule has 2 nitrogen and oxygen atoms in total. The van der Waals surface area contributed by atoms with E-state index in [1.165, 1.54) is 6.07 Å². The van der Waals surface area contributed by atoms with Crippen LogP contribution in [0.2, 0.25) is 0 Å². The van der Waals surface area contributed by atoms with Crippen LogP contribution in [0.25, 0.3) is 0 Å². The summed E-state index contributed by atoms with van der Waals surface area (Å²) in [5.41, 5.74) is 6.25. The van der Waals surface area contributed by atoms with Crippen molar-refractivity contribution in [3.05, 3.63) is 29.6 Å². The van der Waals surface area contributed by atoms with Crippen molar-refractivity contribution in [1.29, 1.82) is 0 Å². The van der Waals surface area contributed by atoms with E-state index >= 15 is 0 Å². The third-order valence-corrected chi connectivity index (χ3v) is 2.10. The van der Waals surface area contributed by atoms with E-state index in [0.717, 1.165) is 0 Å². The van der Waals surface area contributed by atoms with E-state index in [-0.39, 0.29) is 17.7 Å². The lowest BCUT2D eigenvalue weighted by Crippen LogP contribution is -2.16. The lowest BCUT2D eigenvalue weighted by atomic mass is 9.96. The quantitative estimate of drug-likeness (QED) is 0.738.